The lowest BCUT2D eigenvalue weighted by Crippen LogP contribution is -2.30. The van der Waals surface area contributed by atoms with Gasteiger partial charge in [-0.15, -0.1) is 0 Å². The van der Waals surface area contributed by atoms with Crippen LogP contribution in [0.4, 0.5) is 17.1 Å². The smallest absolute Gasteiger partial charge is 0.258 e. The predicted molar refractivity (Wildman–Crippen MR) is 123 cm³/mol. The lowest BCUT2D eigenvalue weighted by atomic mass is 10.1. The summed E-state index contributed by atoms with van der Waals surface area (Å²) in [6.45, 7) is 6.69. The fourth-order valence-electron chi connectivity index (χ4n) is 3.40. The molecule has 5 heteroatoms. The second-order valence-corrected chi connectivity index (χ2v) is 7.24. The number of nitrogens with zero attached hydrogens (tertiary/aromatic N) is 1. The number of carbonyl (C=O) groups is 2. The Morgan fingerprint density at radius 3 is 2.20 bits per heavy atom. The van der Waals surface area contributed by atoms with Crippen LogP contribution in [0.1, 0.15) is 28.4 Å². The van der Waals surface area contributed by atoms with Crippen molar-refractivity contribution < 1.29 is 9.59 Å². The van der Waals surface area contributed by atoms with Crippen molar-refractivity contribution in [2.75, 3.05) is 28.6 Å². The largest absolute Gasteiger partial charge is 0.376 e. The molecule has 0 unspecified atom stereocenters. The van der Waals surface area contributed by atoms with E-state index in [-0.39, 0.29) is 18.4 Å². The molecule has 0 aliphatic heterocycles. The third-order valence-corrected chi connectivity index (χ3v) is 4.70. The van der Waals surface area contributed by atoms with Crippen LogP contribution in [0.2, 0.25) is 0 Å². The molecule has 154 valence electrons. The summed E-state index contributed by atoms with van der Waals surface area (Å²) in [5, 5.41) is 6.01. The molecule has 0 fully saturated rings. The summed E-state index contributed by atoms with van der Waals surface area (Å²) in [4.78, 5) is 27.1. The first-order valence-corrected chi connectivity index (χ1v) is 10.1. The average Bonchev–Trinajstić information content (AvgIpc) is 2.73. The molecule has 0 radical (unpaired) electrons. The number of rotatable bonds is 7. The summed E-state index contributed by atoms with van der Waals surface area (Å²) >= 11 is 0. The van der Waals surface area contributed by atoms with Gasteiger partial charge in [-0.05, 0) is 74.4 Å². The molecular formula is C25H27N3O2. The second-order valence-electron chi connectivity index (χ2n) is 7.24. The lowest BCUT2D eigenvalue weighted by Gasteiger charge is -2.21. The minimum Gasteiger partial charge on any atom is -0.376 e. The molecule has 3 aromatic rings. The van der Waals surface area contributed by atoms with Gasteiger partial charge in [0.05, 0.1) is 6.54 Å². The molecule has 30 heavy (non-hydrogen) atoms. The second kappa shape index (κ2) is 9.74. The number of anilines is 3. The van der Waals surface area contributed by atoms with Crippen LogP contribution in [-0.2, 0) is 4.79 Å². The summed E-state index contributed by atoms with van der Waals surface area (Å²) in [7, 11) is 0. The Hall–Kier alpha value is -3.60. The SMILES string of the molecule is CCN(C(=O)c1cccc(NC(=O)CNc2cc(C)cc(C)c2)c1)c1ccccc1. The van der Waals surface area contributed by atoms with Crippen LogP contribution in [0.3, 0.4) is 0 Å². The van der Waals surface area contributed by atoms with Gasteiger partial charge in [0, 0.05) is 29.2 Å². The van der Waals surface area contributed by atoms with E-state index in [1.807, 2.05) is 63.2 Å². The Bertz CT molecular complexity index is 1010. The van der Waals surface area contributed by atoms with Crippen LogP contribution in [0.15, 0.2) is 72.8 Å². The molecule has 0 atom stereocenters. The van der Waals surface area contributed by atoms with E-state index in [2.05, 4.69) is 16.7 Å². The lowest BCUT2D eigenvalue weighted by molar-refractivity contribution is -0.114. The fraction of sp³-hybridized carbons (Fsp3) is 0.200. The highest BCUT2D eigenvalue weighted by Crippen LogP contribution is 2.19. The Kier molecular flexibility index (Phi) is 6.86. The van der Waals surface area contributed by atoms with Crippen molar-refractivity contribution in [2.45, 2.75) is 20.8 Å². The molecule has 2 N–H and O–H groups in total. The number of aryl methyl sites for hydroxylation is 2. The van der Waals surface area contributed by atoms with E-state index < -0.39 is 0 Å². The highest BCUT2D eigenvalue weighted by Gasteiger charge is 2.16. The monoisotopic (exact) mass is 401 g/mol. The number of nitrogens with one attached hydrogen (secondary N) is 2. The van der Waals surface area contributed by atoms with Gasteiger partial charge in [-0.2, -0.15) is 0 Å². The number of carbonyl (C=O) groups excluding carboxylic acids is 2. The summed E-state index contributed by atoms with van der Waals surface area (Å²) < 4.78 is 0. The molecule has 0 aliphatic rings. The Balaban J connectivity index is 1.66. The van der Waals surface area contributed by atoms with Crippen LogP contribution in [0.25, 0.3) is 0 Å². The highest BCUT2D eigenvalue weighted by molar-refractivity contribution is 6.07. The molecule has 0 spiro atoms. The quantitative estimate of drug-likeness (QED) is 0.584. The topological polar surface area (TPSA) is 61.4 Å². The third kappa shape index (κ3) is 5.47. The van der Waals surface area contributed by atoms with Crippen molar-refractivity contribution in [3.05, 3.63) is 89.5 Å². The van der Waals surface area contributed by atoms with Crippen LogP contribution >= 0.6 is 0 Å². The van der Waals surface area contributed by atoms with Gasteiger partial charge in [-0.3, -0.25) is 9.59 Å². The predicted octanol–water partition coefficient (Wildman–Crippen LogP) is 5.02. The number of para-hydroxylation sites is 1. The molecule has 0 saturated heterocycles. The normalized spacial score (nSPS) is 10.4. The van der Waals surface area contributed by atoms with E-state index in [4.69, 9.17) is 0 Å². The number of amides is 2. The van der Waals surface area contributed by atoms with E-state index in [9.17, 15) is 9.59 Å². The third-order valence-electron chi connectivity index (χ3n) is 4.70. The van der Waals surface area contributed by atoms with Crippen molar-refractivity contribution in [2.24, 2.45) is 0 Å². The van der Waals surface area contributed by atoms with Crippen molar-refractivity contribution >= 4 is 28.9 Å². The molecule has 3 rings (SSSR count). The Labute approximate surface area is 177 Å². The average molecular weight is 402 g/mol. The molecule has 0 saturated carbocycles. The van der Waals surface area contributed by atoms with Gasteiger partial charge in [0.25, 0.3) is 5.91 Å². The van der Waals surface area contributed by atoms with Crippen LogP contribution in [-0.4, -0.2) is 24.9 Å². The van der Waals surface area contributed by atoms with E-state index >= 15 is 0 Å². The van der Waals surface area contributed by atoms with E-state index in [1.165, 1.54) is 0 Å². The maximum Gasteiger partial charge on any atom is 0.258 e. The fourth-order valence-corrected chi connectivity index (χ4v) is 3.40. The molecule has 0 aromatic heterocycles. The molecule has 3 aromatic carbocycles. The minimum atomic E-state index is -0.172. The number of benzene rings is 3. The first-order chi connectivity index (χ1) is 14.5. The maximum atomic E-state index is 13.0. The van der Waals surface area contributed by atoms with E-state index in [1.54, 1.807) is 29.2 Å². The van der Waals surface area contributed by atoms with Gasteiger partial charge in [-0.1, -0.05) is 30.3 Å². The summed E-state index contributed by atoms with van der Waals surface area (Å²) in [6, 6.07) is 22.7. The maximum absolute atomic E-state index is 13.0. The molecular weight excluding hydrogens is 374 g/mol. The van der Waals surface area contributed by atoms with Gasteiger partial charge in [0.2, 0.25) is 5.91 Å². The van der Waals surface area contributed by atoms with Crippen LogP contribution in [0.5, 0.6) is 0 Å². The van der Waals surface area contributed by atoms with Crippen molar-refractivity contribution in [3.8, 4) is 0 Å². The standard InChI is InChI=1S/C25H27N3O2/c1-4-28(23-11-6-5-7-12-23)25(30)20-9-8-10-21(16-20)27-24(29)17-26-22-14-18(2)13-19(3)15-22/h5-16,26H,4,17H2,1-3H3,(H,27,29). The minimum absolute atomic E-state index is 0.104. The molecule has 5 nitrogen and oxygen atoms in total. The van der Waals surface area contributed by atoms with Crippen molar-refractivity contribution in [1.82, 2.24) is 0 Å². The van der Waals surface area contributed by atoms with Crippen LogP contribution < -0.4 is 15.5 Å². The van der Waals surface area contributed by atoms with Gasteiger partial charge in [-0.25, -0.2) is 0 Å². The molecule has 0 bridgehead atoms. The van der Waals surface area contributed by atoms with Gasteiger partial charge in [0.1, 0.15) is 0 Å². The van der Waals surface area contributed by atoms with Crippen LogP contribution in [0, 0.1) is 13.8 Å². The van der Waals surface area contributed by atoms with E-state index in [0.29, 0.717) is 17.8 Å². The summed E-state index contributed by atoms with van der Waals surface area (Å²) in [5.74, 6) is -0.276. The Morgan fingerprint density at radius 1 is 0.833 bits per heavy atom. The van der Waals surface area contributed by atoms with Crippen molar-refractivity contribution in [3.63, 3.8) is 0 Å². The number of hydrogen-bond acceptors (Lipinski definition) is 3. The van der Waals surface area contributed by atoms with Gasteiger partial charge < -0.3 is 15.5 Å². The first-order valence-electron chi connectivity index (χ1n) is 10.1. The molecule has 2 amide bonds. The van der Waals surface area contributed by atoms with Gasteiger partial charge in [0.15, 0.2) is 0 Å². The highest BCUT2D eigenvalue weighted by atomic mass is 16.2. The Morgan fingerprint density at radius 2 is 1.53 bits per heavy atom. The summed E-state index contributed by atoms with van der Waals surface area (Å²) in [5.41, 5.74) is 5.16. The zero-order valence-corrected chi connectivity index (χ0v) is 17.6. The number of hydrogen-bond donors (Lipinski definition) is 2. The zero-order chi connectivity index (χ0) is 21.5. The summed E-state index contributed by atoms with van der Waals surface area (Å²) in [6.07, 6.45) is 0. The van der Waals surface area contributed by atoms with Gasteiger partial charge >= 0.3 is 0 Å². The zero-order valence-electron chi connectivity index (χ0n) is 17.6. The molecule has 0 aliphatic carbocycles. The van der Waals surface area contributed by atoms with Crippen molar-refractivity contribution in [1.29, 1.82) is 0 Å². The van der Waals surface area contributed by atoms with E-state index in [0.717, 1.165) is 22.5 Å². The molecule has 0 heterocycles. The first kappa shape index (κ1) is 21.1.